The lowest BCUT2D eigenvalue weighted by atomic mass is 9.27. The molecule has 0 bridgehead atoms. The minimum Gasteiger partial charge on any atom is -0.311 e. The van der Waals surface area contributed by atoms with E-state index in [9.17, 15) is 0 Å². The van der Waals surface area contributed by atoms with Crippen LogP contribution in [0.15, 0.2) is 164 Å². The summed E-state index contributed by atoms with van der Waals surface area (Å²) in [7, 11) is 0. The molecule has 7 aromatic carbocycles. The number of nitrogens with zero attached hydrogens (tertiary/aromatic N) is 4. The van der Waals surface area contributed by atoms with E-state index in [1.165, 1.54) is 159 Å². The van der Waals surface area contributed by atoms with Crippen molar-refractivity contribution < 1.29 is 0 Å². The summed E-state index contributed by atoms with van der Waals surface area (Å²) in [5.74, 6) is 1.10. The lowest BCUT2D eigenvalue weighted by Crippen LogP contribution is -2.63. The molecular weight excluding hydrogens is 773 g/mol. The van der Waals surface area contributed by atoms with E-state index in [1.54, 1.807) is 0 Å². The molecule has 7 heteroatoms. The van der Waals surface area contributed by atoms with E-state index in [4.69, 9.17) is 4.98 Å². The second-order valence-electron chi connectivity index (χ2n) is 19.4. The molecule has 5 heterocycles. The summed E-state index contributed by atoms with van der Waals surface area (Å²) in [6.45, 7) is 0.523. The first kappa shape index (κ1) is 37.0. The second-order valence-corrected chi connectivity index (χ2v) is 19.4. The van der Waals surface area contributed by atoms with E-state index >= 15 is 0 Å². The van der Waals surface area contributed by atoms with Gasteiger partial charge in [-0.15, -0.1) is 0 Å². The van der Waals surface area contributed by atoms with Crippen LogP contribution in [0.2, 0.25) is 11.6 Å². The molecule has 0 N–H and O–H groups in total. The van der Waals surface area contributed by atoms with Crippen LogP contribution in [0.3, 0.4) is 0 Å². The van der Waals surface area contributed by atoms with Gasteiger partial charge in [-0.2, -0.15) is 0 Å². The van der Waals surface area contributed by atoms with Crippen molar-refractivity contribution in [3.05, 3.63) is 164 Å². The molecule has 0 unspecified atom stereocenters. The van der Waals surface area contributed by atoms with Gasteiger partial charge in [0, 0.05) is 50.8 Å². The van der Waals surface area contributed by atoms with E-state index in [2.05, 4.69) is 178 Å². The maximum Gasteiger partial charge on any atom is 0.252 e. The van der Waals surface area contributed by atoms with Crippen LogP contribution in [0.1, 0.15) is 64.2 Å². The molecule has 2 saturated carbocycles. The van der Waals surface area contributed by atoms with E-state index in [0.717, 1.165) is 5.52 Å². The Labute approximate surface area is 378 Å². The molecule has 14 rings (SSSR count). The lowest BCUT2D eigenvalue weighted by Gasteiger charge is -2.48. The summed E-state index contributed by atoms with van der Waals surface area (Å²) in [6, 6.07) is 62.3. The Kier molecular flexibility index (Phi) is 8.40. The Morgan fingerprint density at radius 3 is 1.42 bits per heavy atom. The molecule has 2 fully saturated rings. The molecule has 306 valence electrons. The largest absolute Gasteiger partial charge is 0.311 e. The van der Waals surface area contributed by atoms with Crippen LogP contribution in [0.4, 0.5) is 51.2 Å². The molecule has 4 aliphatic heterocycles. The molecule has 4 nitrogen and oxygen atoms in total. The Morgan fingerprint density at radius 2 is 0.844 bits per heavy atom. The molecule has 8 aromatic rings. The van der Waals surface area contributed by atoms with Gasteiger partial charge in [-0.1, -0.05) is 191 Å². The summed E-state index contributed by atoms with van der Waals surface area (Å²) in [6.07, 6.45) is 12.9. The van der Waals surface area contributed by atoms with Crippen molar-refractivity contribution in [3.8, 4) is 0 Å². The zero-order valence-corrected chi connectivity index (χ0v) is 36.3. The summed E-state index contributed by atoms with van der Waals surface area (Å²) in [5.41, 5.74) is 22.4. The minimum atomic E-state index is 0.0390. The number of hydrogen-bond donors (Lipinski definition) is 0. The van der Waals surface area contributed by atoms with Crippen LogP contribution in [0, 0.1) is 0 Å². The molecule has 0 saturated heterocycles. The van der Waals surface area contributed by atoms with Gasteiger partial charge in [0.2, 0.25) is 13.4 Å². The Hall–Kier alpha value is -6.46. The number of pyridine rings is 1. The van der Waals surface area contributed by atoms with Gasteiger partial charge in [-0.25, -0.2) is 0 Å². The van der Waals surface area contributed by atoms with Crippen LogP contribution in [-0.2, 0) is 0 Å². The highest BCUT2D eigenvalue weighted by atomic mass is 15.2. The highest BCUT2D eigenvalue weighted by Crippen LogP contribution is 2.50. The van der Waals surface area contributed by atoms with Crippen molar-refractivity contribution in [2.75, 3.05) is 14.7 Å². The predicted octanol–water partition coefficient (Wildman–Crippen LogP) is 10.3. The molecule has 1 aromatic heterocycles. The van der Waals surface area contributed by atoms with Gasteiger partial charge in [0.25, 0.3) is 6.71 Å². The maximum atomic E-state index is 6.36. The summed E-state index contributed by atoms with van der Waals surface area (Å²) >= 11 is 0. The van der Waals surface area contributed by atoms with Gasteiger partial charge in [-0.05, 0) is 81.9 Å². The molecular formula is C57H49B3N4. The first-order chi connectivity index (χ1) is 31.8. The maximum absolute atomic E-state index is 6.36. The van der Waals surface area contributed by atoms with Crippen molar-refractivity contribution in [1.29, 1.82) is 0 Å². The van der Waals surface area contributed by atoms with Crippen LogP contribution < -0.4 is 53.1 Å². The highest BCUT2D eigenvalue weighted by Gasteiger charge is 2.51. The molecule has 2 aliphatic carbocycles. The van der Waals surface area contributed by atoms with E-state index in [1.807, 2.05) is 0 Å². The van der Waals surface area contributed by atoms with Crippen LogP contribution in [0.5, 0.6) is 0 Å². The van der Waals surface area contributed by atoms with Gasteiger partial charge in [-0.3, -0.25) is 4.98 Å². The number of rotatable bonds is 4. The predicted molar refractivity (Wildman–Crippen MR) is 274 cm³/mol. The number of benzene rings is 7. The first-order valence-corrected chi connectivity index (χ1v) is 24.2. The fourth-order valence-corrected chi connectivity index (χ4v) is 13.7. The Morgan fingerprint density at radius 1 is 0.391 bits per heavy atom. The third kappa shape index (κ3) is 5.24. The monoisotopic (exact) mass is 822 g/mol. The molecule has 0 radical (unpaired) electrons. The van der Waals surface area contributed by atoms with Crippen LogP contribution in [-0.4, -0.2) is 25.1 Å². The second kappa shape index (κ2) is 14.5. The normalized spacial score (nSPS) is 17.4. The molecule has 0 atom stereocenters. The average molecular weight is 822 g/mol. The van der Waals surface area contributed by atoms with Crippen LogP contribution in [0.25, 0.3) is 10.9 Å². The lowest BCUT2D eigenvalue weighted by molar-refractivity contribution is 0.499. The van der Waals surface area contributed by atoms with Crippen molar-refractivity contribution in [2.45, 2.75) is 75.8 Å². The van der Waals surface area contributed by atoms with E-state index < -0.39 is 0 Å². The quantitative estimate of drug-likeness (QED) is 0.165. The zero-order valence-electron chi connectivity index (χ0n) is 36.3. The standard InChI is InChI=1S/C57H49B3N4/c1-5-21-38(22-6-1)58-43-29-13-19-35-49(43)64-50-36-20-14-30-44(50)59(39-23-7-2-8-24-39)57-56(64)52(58)42-37-51-53-55(54(42)61-57)63(41-27-11-4-12-28-41)48-34-18-16-32-46(48)60(53)45-31-15-17-33-47(45)62(51)40-25-9-3-10-26-40/h3-4,9-20,25-39H,1-2,5-8,21-24H2. The molecule has 64 heavy (non-hydrogen) atoms. The van der Waals surface area contributed by atoms with E-state index in [0.29, 0.717) is 11.6 Å². The Balaban J connectivity index is 1.19. The third-order valence-corrected chi connectivity index (χ3v) is 16.2. The number of hydrogen-bond acceptors (Lipinski definition) is 4. The van der Waals surface area contributed by atoms with Crippen molar-refractivity contribution in [3.63, 3.8) is 0 Å². The van der Waals surface area contributed by atoms with E-state index in [-0.39, 0.29) is 20.1 Å². The van der Waals surface area contributed by atoms with Crippen molar-refractivity contribution in [1.82, 2.24) is 4.98 Å². The fourth-order valence-electron chi connectivity index (χ4n) is 13.7. The zero-order chi connectivity index (χ0) is 41.9. The number of aromatic nitrogens is 1. The van der Waals surface area contributed by atoms with Gasteiger partial charge in [0.1, 0.15) is 0 Å². The van der Waals surface area contributed by atoms with Crippen molar-refractivity contribution in [2.24, 2.45) is 0 Å². The number of fused-ring (bicyclic) bond motifs is 11. The topological polar surface area (TPSA) is 22.6 Å². The fraction of sp³-hybridized carbons (Fsp3) is 0.211. The Bertz CT molecular complexity index is 3120. The molecule has 0 spiro atoms. The SMILES string of the molecule is c1ccc(N2c3ccccc3B3c4ccccc4N(c4ccccc4)c4c3c2cc2c3c5c(nc42)B(C2CCCCC2)c2ccccc2N5c2ccccc2B3C2CCCCC2)cc1. The van der Waals surface area contributed by atoms with Gasteiger partial charge in [0.05, 0.1) is 16.9 Å². The van der Waals surface area contributed by atoms with Crippen molar-refractivity contribution >= 4 is 121 Å². The molecule has 0 amide bonds. The van der Waals surface area contributed by atoms with Gasteiger partial charge >= 0.3 is 0 Å². The third-order valence-electron chi connectivity index (χ3n) is 16.2. The smallest absolute Gasteiger partial charge is 0.252 e. The summed E-state index contributed by atoms with van der Waals surface area (Å²) < 4.78 is 0. The number of anilines is 9. The average Bonchev–Trinajstić information content (AvgIpc) is 3.37. The summed E-state index contributed by atoms with van der Waals surface area (Å²) in [4.78, 5) is 14.2. The minimum absolute atomic E-state index is 0.0390. The number of para-hydroxylation sites is 6. The highest BCUT2D eigenvalue weighted by molar-refractivity contribution is 7.01. The van der Waals surface area contributed by atoms with Crippen LogP contribution >= 0.6 is 0 Å². The molecule has 6 aliphatic rings. The van der Waals surface area contributed by atoms with Gasteiger partial charge < -0.3 is 14.7 Å². The summed E-state index contributed by atoms with van der Waals surface area (Å²) in [5, 5.41) is 1.31. The van der Waals surface area contributed by atoms with Gasteiger partial charge in [0.15, 0.2) is 0 Å². The first-order valence-electron chi connectivity index (χ1n) is 24.2.